The van der Waals surface area contributed by atoms with E-state index < -0.39 is 6.10 Å². The monoisotopic (exact) mass is 750 g/mol. The molecule has 0 fully saturated rings. The molecule has 1 aromatic heterocycles. The number of phenolic OH excluding ortho intramolecular Hbond substituents is 2. The van der Waals surface area contributed by atoms with Crippen molar-refractivity contribution in [1.82, 2.24) is 4.57 Å². The number of anilines is 1. The third kappa shape index (κ3) is 10.0. The summed E-state index contributed by atoms with van der Waals surface area (Å²) in [6, 6.07) is 37.3. The highest BCUT2D eigenvalue weighted by atomic mass is 19.1. The van der Waals surface area contributed by atoms with E-state index in [2.05, 4.69) is 30.3 Å². The molecule has 0 saturated heterocycles. The Morgan fingerprint density at radius 1 is 0.804 bits per heavy atom. The SMILES string of the molecule is C=C(CC(O)CCCCn1c(-c2ccc(F)cc2)c(-c2ccccc2)c(C(=O)Nc2ccccc2)c1C(C)C)Oc1cc(O)cc(/C=C/c2ccc(O)cc2)c1. The molecule has 0 saturated carbocycles. The number of benzene rings is 5. The zero-order chi connectivity index (χ0) is 39.6. The van der Waals surface area contributed by atoms with Gasteiger partial charge in [0.15, 0.2) is 0 Å². The Balaban J connectivity index is 1.19. The predicted octanol–water partition coefficient (Wildman–Crippen LogP) is 11.4. The molecule has 0 bridgehead atoms. The van der Waals surface area contributed by atoms with Gasteiger partial charge in [-0.05, 0) is 108 Å². The summed E-state index contributed by atoms with van der Waals surface area (Å²) in [4.78, 5) is 14.3. The standard InChI is InChI=1S/C48H47FN2O5/c1-32(2)46-45(48(55)50-39-14-8-5-9-15-39)44(36-12-6-4-7-13-36)47(37-21-23-38(49)24-22-37)51(46)27-11-10-16-41(53)28-33(3)56-43-30-35(29-42(54)31-43)18-17-34-19-25-40(52)26-20-34/h4-9,12-15,17-26,29-32,41,52-54H,3,10-11,16,27-28H2,1-2H3,(H,50,55)/b18-17+. The molecule has 7 nitrogen and oxygen atoms in total. The lowest BCUT2D eigenvalue weighted by atomic mass is 9.94. The number of nitrogens with one attached hydrogen (secondary N) is 1. The molecule has 1 heterocycles. The lowest BCUT2D eigenvalue weighted by Crippen LogP contribution is -2.16. The number of para-hydroxylation sites is 1. The molecule has 5 aromatic carbocycles. The largest absolute Gasteiger partial charge is 0.508 e. The van der Waals surface area contributed by atoms with Crippen LogP contribution in [0.2, 0.25) is 0 Å². The zero-order valence-electron chi connectivity index (χ0n) is 31.7. The van der Waals surface area contributed by atoms with Crippen LogP contribution in [0.5, 0.6) is 17.2 Å². The number of aliphatic hydroxyl groups is 1. The van der Waals surface area contributed by atoms with Crippen molar-refractivity contribution in [3.63, 3.8) is 0 Å². The van der Waals surface area contributed by atoms with Crippen LogP contribution in [0.15, 0.2) is 140 Å². The average molecular weight is 751 g/mol. The Bertz CT molecular complexity index is 2280. The second kappa shape index (κ2) is 18.3. The van der Waals surface area contributed by atoms with Gasteiger partial charge in [0, 0.05) is 36.0 Å². The van der Waals surface area contributed by atoms with Crippen LogP contribution < -0.4 is 10.1 Å². The maximum absolute atomic E-state index is 14.3. The predicted molar refractivity (Wildman–Crippen MR) is 223 cm³/mol. The van der Waals surface area contributed by atoms with E-state index in [1.165, 1.54) is 18.2 Å². The zero-order valence-corrected chi connectivity index (χ0v) is 31.7. The summed E-state index contributed by atoms with van der Waals surface area (Å²) in [5.41, 5.74) is 7.04. The minimum atomic E-state index is -0.716. The van der Waals surface area contributed by atoms with E-state index in [0.717, 1.165) is 33.6 Å². The summed E-state index contributed by atoms with van der Waals surface area (Å²) < 4.78 is 22.4. The van der Waals surface area contributed by atoms with E-state index in [0.29, 0.717) is 54.1 Å². The lowest BCUT2D eigenvalue weighted by Gasteiger charge is -2.18. The maximum atomic E-state index is 14.3. The second-order valence-corrected chi connectivity index (χ2v) is 14.2. The fourth-order valence-electron chi connectivity index (χ4n) is 6.97. The molecule has 56 heavy (non-hydrogen) atoms. The van der Waals surface area contributed by atoms with Gasteiger partial charge in [0.05, 0.1) is 23.1 Å². The van der Waals surface area contributed by atoms with Gasteiger partial charge in [-0.2, -0.15) is 0 Å². The number of rotatable bonds is 16. The number of ether oxygens (including phenoxy) is 1. The number of phenols is 2. The summed E-state index contributed by atoms with van der Waals surface area (Å²) in [7, 11) is 0. The molecule has 286 valence electrons. The summed E-state index contributed by atoms with van der Waals surface area (Å²) >= 11 is 0. The minimum absolute atomic E-state index is 0.0307. The van der Waals surface area contributed by atoms with Gasteiger partial charge in [-0.25, -0.2) is 4.39 Å². The van der Waals surface area contributed by atoms with Crippen molar-refractivity contribution < 1.29 is 29.2 Å². The first-order valence-electron chi connectivity index (χ1n) is 18.8. The van der Waals surface area contributed by atoms with E-state index in [1.807, 2.05) is 72.8 Å². The first-order chi connectivity index (χ1) is 27.0. The first kappa shape index (κ1) is 39.3. The molecule has 0 aliphatic carbocycles. The smallest absolute Gasteiger partial charge is 0.258 e. The highest BCUT2D eigenvalue weighted by Gasteiger charge is 2.30. The number of halogens is 1. The van der Waals surface area contributed by atoms with Crippen molar-refractivity contribution in [2.75, 3.05) is 5.32 Å². The van der Waals surface area contributed by atoms with Crippen LogP contribution in [0.4, 0.5) is 10.1 Å². The highest BCUT2D eigenvalue weighted by Crippen LogP contribution is 2.43. The van der Waals surface area contributed by atoms with Gasteiger partial charge in [0.2, 0.25) is 0 Å². The summed E-state index contributed by atoms with van der Waals surface area (Å²) in [6.07, 6.45) is 5.04. The van der Waals surface area contributed by atoms with Gasteiger partial charge in [0.25, 0.3) is 5.91 Å². The number of nitrogens with zero attached hydrogens (tertiary/aromatic N) is 1. The van der Waals surface area contributed by atoms with Crippen LogP contribution in [0.3, 0.4) is 0 Å². The molecular weight excluding hydrogens is 704 g/mol. The van der Waals surface area contributed by atoms with Crippen LogP contribution >= 0.6 is 0 Å². The van der Waals surface area contributed by atoms with Gasteiger partial charge in [-0.1, -0.05) is 93.2 Å². The topological polar surface area (TPSA) is 104 Å². The first-order valence-corrected chi connectivity index (χ1v) is 18.8. The quantitative estimate of drug-likeness (QED) is 0.0448. The molecule has 0 radical (unpaired) electrons. The van der Waals surface area contributed by atoms with Gasteiger partial charge >= 0.3 is 0 Å². The van der Waals surface area contributed by atoms with E-state index in [9.17, 15) is 24.5 Å². The van der Waals surface area contributed by atoms with Crippen molar-refractivity contribution in [2.24, 2.45) is 0 Å². The third-order valence-electron chi connectivity index (χ3n) is 9.46. The normalized spacial score (nSPS) is 11.9. The molecule has 1 amide bonds. The Hall–Kier alpha value is -6.38. The molecule has 1 atom stereocenters. The highest BCUT2D eigenvalue weighted by molar-refractivity contribution is 6.12. The third-order valence-corrected chi connectivity index (χ3v) is 9.46. The van der Waals surface area contributed by atoms with Crippen LogP contribution in [0.1, 0.15) is 72.6 Å². The van der Waals surface area contributed by atoms with Crippen molar-refractivity contribution in [1.29, 1.82) is 0 Å². The molecular formula is C48H47FN2O5. The van der Waals surface area contributed by atoms with Crippen LogP contribution in [-0.2, 0) is 6.54 Å². The summed E-state index contributed by atoms with van der Waals surface area (Å²) in [6.45, 7) is 8.73. The van der Waals surface area contributed by atoms with Crippen molar-refractivity contribution >= 4 is 23.7 Å². The molecule has 1 unspecified atom stereocenters. The van der Waals surface area contributed by atoms with Gasteiger partial charge in [-0.3, -0.25) is 4.79 Å². The number of hydrogen-bond acceptors (Lipinski definition) is 5. The number of amides is 1. The van der Waals surface area contributed by atoms with Crippen molar-refractivity contribution in [3.05, 3.63) is 168 Å². The van der Waals surface area contributed by atoms with Crippen molar-refractivity contribution in [2.45, 2.75) is 58.1 Å². The molecule has 8 heteroatoms. The van der Waals surface area contributed by atoms with E-state index in [-0.39, 0.29) is 35.6 Å². The number of carbonyl (C=O) groups excluding carboxylic acids is 1. The maximum Gasteiger partial charge on any atom is 0.258 e. The Kier molecular flexibility index (Phi) is 12.8. The van der Waals surface area contributed by atoms with E-state index in [1.54, 1.807) is 48.5 Å². The molecule has 0 aliphatic heterocycles. The molecule has 0 aliphatic rings. The number of aliphatic hydroxyl groups excluding tert-OH is 1. The minimum Gasteiger partial charge on any atom is -0.508 e. The average Bonchev–Trinajstić information content (AvgIpc) is 3.52. The van der Waals surface area contributed by atoms with E-state index >= 15 is 0 Å². The Morgan fingerprint density at radius 2 is 1.46 bits per heavy atom. The number of unbranched alkanes of at least 4 members (excludes halogenated alkanes) is 1. The molecule has 6 aromatic rings. The fourth-order valence-corrected chi connectivity index (χ4v) is 6.97. The van der Waals surface area contributed by atoms with Crippen LogP contribution in [0, 0.1) is 5.82 Å². The molecule has 0 spiro atoms. The number of hydrogen-bond donors (Lipinski definition) is 4. The number of aromatic hydroxyl groups is 2. The number of carbonyl (C=O) groups is 1. The Labute approximate surface area is 327 Å². The fraction of sp³-hybridized carbons (Fsp3) is 0.188. The summed E-state index contributed by atoms with van der Waals surface area (Å²) in [5, 5.41) is 34.0. The van der Waals surface area contributed by atoms with Gasteiger partial charge in [-0.15, -0.1) is 0 Å². The van der Waals surface area contributed by atoms with Crippen LogP contribution in [0.25, 0.3) is 34.5 Å². The van der Waals surface area contributed by atoms with Gasteiger partial charge < -0.3 is 29.9 Å². The molecule has 6 rings (SSSR count). The van der Waals surface area contributed by atoms with Gasteiger partial charge in [0.1, 0.15) is 23.1 Å². The Morgan fingerprint density at radius 3 is 2.14 bits per heavy atom. The lowest BCUT2D eigenvalue weighted by molar-refractivity contribution is 0.102. The molecule has 4 N–H and O–H groups in total. The second-order valence-electron chi connectivity index (χ2n) is 14.2. The summed E-state index contributed by atoms with van der Waals surface area (Å²) in [5.74, 6) is 0.385. The van der Waals surface area contributed by atoms with Crippen LogP contribution in [-0.4, -0.2) is 31.9 Å². The number of aromatic nitrogens is 1. The van der Waals surface area contributed by atoms with Crippen molar-refractivity contribution in [3.8, 4) is 39.6 Å². The van der Waals surface area contributed by atoms with E-state index in [4.69, 9.17) is 4.74 Å².